The highest BCUT2D eigenvalue weighted by Gasteiger charge is 2.26. The van der Waals surface area contributed by atoms with E-state index in [-0.39, 0.29) is 22.0 Å². The fourth-order valence-electron chi connectivity index (χ4n) is 2.18. The van der Waals surface area contributed by atoms with E-state index in [9.17, 15) is 14.4 Å². The summed E-state index contributed by atoms with van der Waals surface area (Å²) in [5.41, 5.74) is 1.60. The van der Waals surface area contributed by atoms with Crippen molar-refractivity contribution in [2.45, 2.75) is 13.8 Å². The van der Waals surface area contributed by atoms with Gasteiger partial charge in [0.2, 0.25) is 0 Å². The highest BCUT2D eigenvalue weighted by atomic mass is 32.1. The molecule has 1 N–H and O–H groups in total. The second kappa shape index (κ2) is 8.48. The summed E-state index contributed by atoms with van der Waals surface area (Å²) in [5, 5.41) is 2.81. The Morgan fingerprint density at radius 1 is 1.00 bits per heavy atom. The van der Waals surface area contributed by atoms with Crippen molar-refractivity contribution in [2.24, 2.45) is 0 Å². The van der Waals surface area contributed by atoms with Gasteiger partial charge in [0.1, 0.15) is 15.6 Å². The van der Waals surface area contributed by atoms with Crippen LogP contribution in [0.1, 0.15) is 31.2 Å². The van der Waals surface area contributed by atoms with E-state index in [0.29, 0.717) is 11.3 Å². The summed E-state index contributed by atoms with van der Waals surface area (Å²) >= 11 is 0.952. The Balaban J connectivity index is 2.16. The van der Waals surface area contributed by atoms with Gasteiger partial charge in [-0.25, -0.2) is 9.59 Å². The van der Waals surface area contributed by atoms with Crippen molar-refractivity contribution in [3.8, 4) is 5.75 Å². The molecule has 1 aromatic heterocycles. The van der Waals surface area contributed by atoms with Gasteiger partial charge in [-0.15, -0.1) is 11.3 Å². The zero-order chi connectivity index (χ0) is 19.3. The largest absolute Gasteiger partial charge is 0.484 e. The van der Waals surface area contributed by atoms with Crippen LogP contribution in [0.15, 0.2) is 24.3 Å². The molecule has 7 nitrogen and oxygen atoms in total. The van der Waals surface area contributed by atoms with Crippen molar-refractivity contribution >= 4 is 34.2 Å². The predicted molar refractivity (Wildman–Crippen MR) is 97.0 cm³/mol. The molecule has 1 heterocycles. The number of esters is 2. The maximum absolute atomic E-state index is 12.2. The highest BCUT2D eigenvalue weighted by Crippen LogP contribution is 2.34. The van der Waals surface area contributed by atoms with Gasteiger partial charge in [-0.2, -0.15) is 0 Å². The molecule has 2 aromatic rings. The molecule has 1 amide bonds. The summed E-state index contributed by atoms with van der Waals surface area (Å²) in [6, 6.07) is 7.25. The maximum atomic E-state index is 12.2. The minimum Gasteiger partial charge on any atom is -0.484 e. The van der Waals surface area contributed by atoms with E-state index in [0.717, 1.165) is 16.9 Å². The lowest BCUT2D eigenvalue weighted by atomic mass is 10.1. The smallest absolute Gasteiger partial charge is 0.348 e. The first-order valence-electron chi connectivity index (χ1n) is 7.66. The molecule has 0 aliphatic heterocycles. The lowest BCUT2D eigenvalue weighted by Crippen LogP contribution is -2.21. The van der Waals surface area contributed by atoms with Crippen LogP contribution in [0.5, 0.6) is 5.75 Å². The Hall–Kier alpha value is -2.87. The SMILES string of the molecule is COC(=O)c1sc(NC(=O)COc2ccc(C)cc2)c(C(=O)OC)c1C. The zero-order valence-electron chi connectivity index (χ0n) is 14.9. The first kappa shape index (κ1) is 19.5. The topological polar surface area (TPSA) is 90.9 Å². The molecule has 0 aliphatic carbocycles. The third-order valence-electron chi connectivity index (χ3n) is 3.55. The molecule has 2 rings (SSSR count). The lowest BCUT2D eigenvalue weighted by Gasteiger charge is -2.08. The molecule has 0 unspecified atom stereocenters. The van der Waals surface area contributed by atoms with E-state index in [1.165, 1.54) is 14.2 Å². The zero-order valence-corrected chi connectivity index (χ0v) is 15.7. The van der Waals surface area contributed by atoms with Gasteiger partial charge in [-0.3, -0.25) is 4.79 Å². The quantitative estimate of drug-likeness (QED) is 0.779. The number of anilines is 1. The number of hydrogen-bond acceptors (Lipinski definition) is 7. The van der Waals surface area contributed by atoms with Gasteiger partial charge < -0.3 is 19.5 Å². The van der Waals surface area contributed by atoms with Gasteiger partial charge in [0.05, 0.1) is 19.8 Å². The van der Waals surface area contributed by atoms with Crippen molar-refractivity contribution in [2.75, 3.05) is 26.1 Å². The molecule has 0 aliphatic rings. The lowest BCUT2D eigenvalue weighted by molar-refractivity contribution is -0.118. The molecular weight excluding hydrogens is 358 g/mol. The monoisotopic (exact) mass is 377 g/mol. The summed E-state index contributed by atoms with van der Waals surface area (Å²) in [4.78, 5) is 36.3. The minimum absolute atomic E-state index is 0.126. The summed E-state index contributed by atoms with van der Waals surface area (Å²) < 4.78 is 14.9. The van der Waals surface area contributed by atoms with E-state index >= 15 is 0 Å². The first-order valence-corrected chi connectivity index (χ1v) is 8.48. The van der Waals surface area contributed by atoms with Crippen LogP contribution in [0.4, 0.5) is 5.00 Å². The Morgan fingerprint density at radius 2 is 1.62 bits per heavy atom. The number of methoxy groups -OCH3 is 2. The molecule has 0 atom stereocenters. The average Bonchev–Trinajstić information content (AvgIpc) is 2.96. The molecule has 0 saturated carbocycles. The van der Waals surface area contributed by atoms with Crippen LogP contribution < -0.4 is 10.1 Å². The molecule has 0 bridgehead atoms. The first-order chi connectivity index (χ1) is 12.4. The molecule has 26 heavy (non-hydrogen) atoms. The van der Waals surface area contributed by atoms with E-state index in [1.807, 2.05) is 19.1 Å². The number of carbonyl (C=O) groups is 3. The second-order valence-corrected chi connectivity index (χ2v) is 6.41. The normalized spacial score (nSPS) is 10.2. The van der Waals surface area contributed by atoms with Crippen LogP contribution in [0, 0.1) is 13.8 Å². The van der Waals surface area contributed by atoms with Crippen molar-refractivity contribution in [3.63, 3.8) is 0 Å². The Kier molecular flexibility index (Phi) is 6.35. The van der Waals surface area contributed by atoms with E-state index < -0.39 is 17.8 Å². The van der Waals surface area contributed by atoms with Crippen LogP contribution in [-0.4, -0.2) is 38.7 Å². The number of carbonyl (C=O) groups excluding carboxylic acids is 3. The standard InChI is InChI=1S/C18H19NO6S/c1-10-5-7-12(8-6-10)25-9-13(20)19-16-14(17(21)23-3)11(2)15(26-16)18(22)24-4/h5-8H,9H2,1-4H3,(H,19,20). The maximum Gasteiger partial charge on any atom is 0.348 e. The van der Waals surface area contributed by atoms with Crippen LogP contribution >= 0.6 is 11.3 Å². The number of aryl methyl sites for hydroxylation is 1. The van der Waals surface area contributed by atoms with Crippen molar-refractivity contribution < 1.29 is 28.6 Å². The average molecular weight is 377 g/mol. The fourth-order valence-corrected chi connectivity index (χ4v) is 3.31. The third-order valence-corrected chi connectivity index (χ3v) is 4.74. The number of thiophene rings is 1. The Bertz CT molecular complexity index is 825. The van der Waals surface area contributed by atoms with Crippen LogP contribution in [0.3, 0.4) is 0 Å². The molecule has 8 heteroatoms. The number of hydrogen-bond donors (Lipinski definition) is 1. The Morgan fingerprint density at radius 3 is 2.19 bits per heavy atom. The Labute approximate surface area is 154 Å². The molecular formula is C18H19NO6S. The van der Waals surface area contributed by atoms with Gasteiger partial charge >= 0.3 is 11.9 Å². The van der Waals surface area contributed by atoms with Crippen molar-refractivity contribution in [3.05, 3.63) is 45.8 Å². The molecule has 0 fully saturated rings. The minimum atomic E-state index is -0.649. The predicted octanol–water partition coefficient (Wildman–Crippen LogP) is 2.96. The number of ether oxygens (including phenoxy) is 3. The van der Waals surface area contributed by atoms with Crippen molar-refractivity contribution in [1.82, 2.24) is 0 Å². The summed E-state index contributed by atoms with van der Waals surface area (Å²) in [7, 11) is 2.47. The van der Waals surface area contributed by atoms with E-state index in [2.05, 4.69) is 5.32 Å². The van der Waals surface area contributed by atoms with Gasteiger partial charge in [0, 0.05) is 0 Å². The van der Waals surface area contributed by atoms with Gasteiger partial charge in [0.15, 0.2) is 6.61 Å². The number of benzene rings is 1. The number of rotatable bonds is 6. The highest BCUT2D eigenvalue weighted by molar-refractivity contribution is 7.18. The second-order valence-electron chi connectivity index (χ2n) is 5.39. The summed E-state index contributed by atoms with van der Waals surface area (Å²) in [6.45, 7) is 3.30. The van der Waals surface area contributed by atoms with Crippen molar-refractivity contribution in [1.29, 1.82) is 0 Å². The fraction of sp³-hybridized carbons (Fsp3) is 0.278. The summed E-state index contributed by atoms with van der Waals surface area (Å²) in [5.74, 6) is -1.15. The molecule has 0 saturated heterocycles. The third kappa shape index (κ3) is 4.40. The number of amides is 1. The van der Waals surface area contributed by atoms with Gasteiger partial charge in [-0.1, -0.05) is 17.7 Å². The van der Waals surface area contributed by atoms with Crippen LogP contribution in [0.2, 0.25) is 0 Å². The van der Waals surface area contributed by atoms with Crippen LogP contribution in [-0.2, 0) is 14.3 Å². The van der Waals surface area contributed by atoms with E-state index in [4.69, 9.17) is 14.2 Å². The molecule has 0 radical (unpaired) electrons. The van der Waals surface area contributed by atoms with Gasteiger partial charge in [0.25, 0.3) is 5.91 Å². The number of nitrogens with one attached hydrogen (secondary N) is 1. The van der Waals surface area contributed by atoms with Crippen LogP contribution in [0.25, 0.3) is 0 Å². The molecule has 0 spiro atoms. The molecule has 1 aromatic carbocycles. The summed E-state index contributed by atoms with van der Waals surface area (Å²) in [6.07, 6.45) is 0. The van der Waals surface area contributed by atoms with E-state index in [1.54, 1.807) is 19.1 Å². The van der Waals surface area contributed by atoms with Gasteiger partial charge in [-0.05, 0) is 31.5 Å². The molecule has 138 valence electrons.